The molecule has 0 spiro atoms. The number of hydrogen-bond donors (Lipinski definition) is 2. The molecule has 126 valence electrons. The number of fused-ring (bicyclic) bond motifs is 1. The molecule has 1 aromatic heterocycles. The normalized spacial score (nSPS) is 16.7. The topological polar surface area (TPSA) is 90.1 Å². The van der Waals surface area contributed by atoms with Gasteiger partial charge in [-0.05, 0) is 26.8 Å². The van der Waals surface area contributed by atoms with Crippen molar-refractivity contribution in [3.05, 3.63) is 46.5 Å². The van der Waals surface area contributed by atoms with Crippen LogP contribution in [0.3, 0.4) is 0 Å². The Hall–Kier alpha value is -2.70. The third-order valence-electron chi connectivity index (χ3n) is 3.83. The number of hydrogen-bond acceptors (Lipinski definition) is 5. The monoisotopic (exact) mass is 330 g/mol. The van der Waals surface area contributed by atoms with Gasteiger partial charge < -0.3 is 15.8 Å². The molecule has 0 bridgehead atoms. The van der Waals surface area contributed by atoms with Gasteiger partial charge in [0.1, 0.15) is 11.6 Å². The van der Waals surface area contributed by atoms with Gasteiger partial charge >= 0.3 is 0 Å². The number of rotatable bonds is 3. The standard InChI is InChI=1S/C17H19FN4O2/c1-8(2)24-14-6-10(18)4-5-11(14)12-7-13-15(16(23)21-12)9(3)20-17(19)22-13/h4-6,8,12H,7H2,1-3H3,(H,21,23)(H2,19,20,22)/t12-/m1/s1. The maximum Gasteiger partial charge on any atom is 0.255 e. The Bertz CT molecular complexity index is 807. The van der Waals surface area contributed by atoms with Gasteiger partial charge in [0.15, 0.2) is 0 Å². The zero-order valence-electron chi connectivity index (χ0n) is 13.8. The number of benzene rings is 1. The van der Waals surface area contributed by atoms with Gasteiger partial charge in [-0.25, -0.2) is 14.4 Å². The largest absolute Gasteiger partial charge is 0.491 e. The first-order valence-electron chi connectivity index (χ1n) is 7.75. The summed E-state index contributed by atoms with van der Waals surface area (Å²) in [5.74, 6) is -0.104. The van der Waals surface area contributed by atoms with E-state index in [1.165, 1.54) is 12.1 Å². The number of nitrogens with two attached hydrogens (primary N) is 1. The molecule has 1 aliphatic heterocycles. The van der Waals surface area contributed by atoms with Crippen LogP contribution in [0.2, 0.25) is 0 Å². The van der Waals surface area contributed by atoms with E-state index >= 15 is 0 Å². The van der Waals surface area contributed by atoms with Crippen molar-refractivity contribution in [1.29, 1.82) is 0 Å². The Morgan fingerprint density at radius 2 is 2.12 bits per heavy atom. The number of aryl methyl sites for hydroxylation is 1. The minimum Gasteiger partial charge on any atom is -0.491 e. The van der Waals surface area contributed by atoms with Crippen LogP contribution in [-0.4, -0.2) is 22.0 Å². The maximum atomic E-state index is 13.6. The summed E-state index contributed by atoms with van der Waals surface area (Å²) in [6, 6.07) is 3.94. The molecule has 0 unspecified atom stereocenters. The van der Waals surface area contributed by atoms with Crippen LogP contribution in [-0.2, 0) is 6.42 Å². The molecule has 1 aromatic carbocycles. The summed E-state index contributed by atoms with van der Waals surface area (Å²) in [5, 5.41) is 2.92. The summed E-state index contributed by atoms with van der Waals surface area (Å²) < 4.78 is 19.3. The predicted octanol–water partition coefficient (Wildman–Crippen LogP) is 2.32. The molecular formula is C17H19FN4O2. The van der Waals surface area contributed by atoms with Crippen molar-refractivity contribution in [3.63, 3.8) is 0 Å². The summed E-state index contributed by atoms with van der Waals surface area (Å²) in [7, 11) is 0. The van der Waals surface area contributed by atoms with Crippen LogP contribution < -0.4 is 15.8 Å². The van der Waals surface area contributed by atoms with Gasteiger partial charge in [-0.3, -0.25) is 4.79 Å². The van der Waals surface area contributed by atoms with Gasteiger partial charge in [0.2, 0.25) is 5.95 Å². The maximum absolute atomic E-state index is 13.6. The number of nitrogens with zero attached hydrogens (tertiary/aromatic N) is 2. The number of nitrogens with one attached hydrogen (secondary N) is 1. The van der Waals surface area contributed by atoms with Crippen LogP contribution in [0.4, 0.5) is 10.3 Å². The Morgan fingerprint density at radius 3 is 2.83 bits per heavy atom. The first-order valence-corrected chi connectivity index (χ1v) is 7.75. The molecule has 2 heterocycles. The first-order chi connectivity index (χ1) is 11.3. The van der Waals surface area contributed by atoms with Gasteiger partial charge in [-0.1, -0.05) is 6.07 Å². The van der Waals surface area contributed by atoms with Crippen molar-refractivity contribution in [3.8, 4) is 5.75 Å². The molecule has 24 heavy (non-hydrogen) atoms. The number of halogens is 1. The highest BCUT2D eigenvalue weighted by Gasteiger charge is 2.30. The van der Waals surface area contributed by atoms with E-state index in [4.69, 9.17) is 10.5 Å². The summed E-state index contributed by atoms with van der Waals surface area (Å²) >= 11 is 0. The number of carbonyl (C=O) groups is 1. The number of ether oxygens (including phenoxy) is 1. The van der Waals surface area contributed by atoms with Crippen LogP contribution in [0.1, 0.15) is 47.2 Å². The fourth-order valence-corrected chi connectivity index (χ4v) is 2.91. The summed E-state index contributed by atoms with van der Waals surface area (Å²) in [6.45, 7) is 5.45. The van der Waals surface area contributed by atoms with Gasteiger partial charge in [0.05, 0.1) is 29.1 Å². The van der Waals surface area contributed by atoms with E-state index in [2.05, 4.69) is 15.3 Å². The van der Waals surface area contributed by atoms with E-state index in [0.29, 0.717) is 34.7 Å². The minimum absolute atomic E-state index is 0.114. The van der Waals surface area contributed by atoms with Crippen LogP contribution in [0.15, 0.2) is 18.2 Å². The minimum atomic E-state index is -0.389. The Kier molecular flexibility index (Phi) is 4.09. The smallest absolute Gasteiger partial charge is 0.255 e. The summed E-state index contributed by atoms with van der Waals surface area (Å²) in [6.07, 6.45) is 0.326. The zero-order chi connectivity index (χ0) is 17.4. The van der Waals surface area contributed by atoms with E-state index in [1.54, 1.807) is 13.0 Å². The van der Waals surface area contributed by atoms with E-state index < -0.39 is 0 Å². The van der Waals surface area contributed by atoms with Crippen molar-refractivity contribution in [1.82, 2.24) is 15.3 Å². The van der Waals surface area contributed by atoms with Crippen molar-refractivity contribution >= 4 is 11.9 Å². The van der Waals surface area contributed by atoms with E-state index in [0.717, 1.165) is 0 Å². The molecule has 6 nitrogen and oxygen atoms in total. The van der Waals surface area contributed by atoms with Crippen LogP contribution in [0.25, 0.3) is 0 Å². The molecule has 0 radical (unpaired) electrons. The highest BCUT2D eigenvalue weighted by molar-refractivity contribution is 5.97. The van der Waals surface area contributed by atoms with E-state index in [-0.39, 0.29) is 29.8 Å². The molecule has 1 amide bonds. The zero-order valence-corrected chi connectivity index (χ0v) is 13.8. The fourth-order valence-electron chi connectivity index (χ4n) is 2.91. The van der Waals surface area contributed by atoms with Crippen LogP contribution in [0, 0.1) is 12.7 Å². The number of amides is 1. The molecule has 3 rings (SSSR count). The number of nitrogen functional groups attached to an aromatic ring is 1. The van der Waals surface area contributed by atoms with E-state index in [9.17, 15) is 9.18 Å². The average molecular weight is 330 g/mol. The summed E-state index contributed by atoms with van der Waals surface area (Å²) in [5.41, 5.74) is 8.00. The van der Waals surface area contributed by atoms with Gasteiger partial charge in [0.25, 0.3) is 5.91 Å². The Morgan fingerprint density at radius 1 is 1.38 bits per heavy atom. The quantitative estimate of drug-likeness (QED) is 0.901. The molecule has 0 saturated heterocycles. The highest BCUT2D eigenvalue weighted by Crippen LogP contribution is 2.33. The molecular weight excluding hydrogens is 311 g/mol. The lowest BCUT2D eigenvalue weighted by atomic mass is 9.93. The van der Waals surface area contributed by atoms with Gasteiger partial charge in [-0.15, -0.1) is 0 Å². The lowest BCUT2D eigenvalue weighted by molar-refractivity contribution is 0.0921. The molecule has 3 N–H and O–H groups in total. The van der Waals surface area contributed by atoms with Crippen molar-refractivity contribution in [2.45, 2.75) is 39.3 Å². The number of anilines is 1. The van der Waals surface area contributed by atoms with Crippen molar-refractivity contribution < 1.29 is 13.9 Å². The van der Waals surface area contributed by atoms with Crippen molar-refractivity contribution in [2.75, 3.05) is 5.73 Å². The molecule has 1 atom stereocenters. The van der Waals surface area contributed by atoms with Gasteiger partial charge in [-0.2, -0.15) is 0 Å². The van der Waals surface area contributed by atoms with E-state index in [1.807, 2.05) is 13.8 Å². The highest BCUT2D eigenvalue weighted by atomic mass is 19.1. The molecule has 2 aromatic rings. The second-order valence-electron chi connectivity index (χ2n) is 6.07. The molecule has 0 aliphatic carbocycles. The Balaban J connectivity index is 2.02. The van der Waals surface area contributed by atoms with Crippen LogP contribution in [0.5, 0.6) is 5.75 Å². The van der Waals surface area contributed by atoms with Crippen molar-refractivity contribution in [2.24, 2.45) is 0 Å². The third kappa shape index (κ3) is 3.02. The second-order valence-corrected chi connectivity index (χ2v) is 6.07. The number of carbonyl (C=O) groups excluding carboxylic acids is 1. The second kappa shape index (κ2) is 6.07. The lowest BCUT2D eigenvalue weighted by Crippen LogP contribution is -2.37. The molecule has 7 heteroatoms. The first kappa shape index (κ1) is 16.2. The molecule has 1 aliphatic rings. The SMILES string of the molecule is Cc1nc(N)nc2c1C(=O)N[C@@H](c1ccc(F)cc1OC(C)C)C2. The fraction of sp³-hybridized carbons (Fsp3) is 0.353. The Labute approximate surface area is 139 Å². The molecule has 0 fully saturated rings. The van der Waals surface area contributed by atoms with Crippen LogP contribution >= 0.6 is 0 Å². The lowest BCUT2D eigenvalue weighted by Gasteiger charge is -2.28. The molecule has 0 saturated carbocycles. The predicted molar refractivity (Wildman–Crippen MR) is 87.3 cm³/mol. The third-order valence-corrected chi connectivity index (χ3v) is 3.83. The average Bonchev–Trinajstić information content (AvgIpc) is 2.45. The number of aromatic nitrogens is 2. The summed E-state index contributed by atoms with van der Waals surface area (Å²) in [4.78, 5) is 20.7. The van der Waals surface area contributed by atoms with Gasteiger partial charge in [0, 0.05) is 18.1 Å².